The van der Waals surface area contributed by atoms with E-state index in [1.54, 1.807) is 0 Å². The SMILES string of the molecule is CC(C)CCC[C@@H](C)[C@@H]1CC[C@H]2[C@H]3CC[C@H]4C[C@@H](O)CC[C@]4(C)[C@@H]3CC[C@@]21C. The smallest absolute Gasteiger partial charge is 0.0543 e. The molecule has 0 spiro atoms. The summed E-state index contributed by atoms with van der Waals surface area (Å²) in [4.78, 5) is 0. The van der Waals surface area contributed by atoms with Crippen molar-refractivity contribution in [1.82, 2.24) is 0 Å². The lowest BCUT2D eigenvalue weighted by molar-refractivity contribution is -0.129. The number of aliphatic hydroxyl groups is 1. The van der Waals surface area contributed by atoms with Crippen molar-refractivity contribution in [2.75, 3.05) is 0 Å². The van der Waals surface area contributed by atoms with Crippen molar-refractivity contribution in [3.63, 3.8) is 0 Å². The highest BCUT2D eigenvalue weighted by molar-refractivity contribution is 5.09. The minimum Gasteiger partial charge on any atom is -0.393 e. The molecule has 4 aliphatic carbocycles. The van der Waals surface area contributed by atoms with Gasteiger partial charge in [0.05, 0.1) is 6.10 Å². The summed E-state index contributed by atoms with van der Waals surface area (Å²) in [5.74, 6) is 6.49. The summed E-state index contributed by atoms with van der Waals surface area (Å²) >= 11 is 0. The molecule has 4 rings (SSSR count). The molecule has 4 saturated carbocycles. The molecule has 0 bridgehead atoms. The van der Waals surface area contributed by atoms with Crippen molar-refractivity contribution in [2.45, 2.75) is 118 Å². The second kappa shape index (κ2) is 7.90. The van der Waals surface area contributed by atoms with Gasteiger partial charge in [0.25, 0.3) is 0 Å². The van der Waals surface area contributed by atoms with Gasteiger partial charge < -0.3 is 5.11 Å². The molecule has 4 fully saturated rings. The summed E-state index contributed by atoms with van der Waals surface area (Å²) < 4.78 is 0. The van der Waals surface area contributed by atoms with Crippen LogP contribution in [0.25, 0.3) is 0 Å². The molecule has 1 heteroatoms. The fraction of sp³-hybridized carbons (Fsp3) is 1.00. The van der Waals surface area contributed by atoms with Crippen LogP contribution in [0.1, 0.15) is 112 Å². The Morgan fingerprint density at radius 3 is 2.29 bits per heavy atom. The van der Waals surface area contributed by atoms with Crippen molar-refractivity contribution >= 4 is 0 Å². The highest BCUT2D eigenvalue weighted by Crippen LogP contribution is 2.68. The van der Waals surface area contributed by atoms with Crippen LogP contribution in [0.3, 0.4) is 0 Å². The van der Waals surface area contributed by atoms with Gasteiger partial charge in [-0.15, -0.1) is 0 Å². The summed E-state index contributed by atoms with van der Waals surface area (Å²) in [6, 6.07) is 0. The highest BCUT2D eigenvalue weighted by atomic mass is 16.3. The Balaban J connectivity index is 1.46. The van der Waals surface area contributed by atoms with E-state index in [2.05, 4.69) is 34.6 Å². The van der Waals surface area contributed by atoms with Crippen LogP contribution in [-0.4, -0.2) is 11.2 Å². The maximum Gasteiger partial charge on any atom is 0.0543 e. The molecule has 0 radical (unpaired) electrons. The van der Waals surface area contributed by atoms with E-state index in [1.807, 2.05) is 0 Å². The number of hydrogen-bond donors (Lipinski definition) is 1. The van der Waals surface area contributed by atoms with Crippen LogP contribution in [0, 0.1) is 52.3 Å². The second-order valence-electron chi connectivity index (χ2n) is 12.6. The van der Waals surface area contributed by atoms with E-state index in [0.717, 1.165) is 54.3 Å². The molecule has 162 valence electrons. The van der Waals surface area contributed by atoms with Crippen LogP contribution >= 0.6 is 0 Å². The average Bonchev–Trinajstić information content (AvgIpc) is 2.99. The third-order valence-corrected chi connectivity index (χ3v) is 10.8. The molecule has 9 atom stereocenters. The summed E-state index contributed by atoms with van der Waals surface area (Å²) in [5, 5.41) is 10.3. The Bertz CT molecular complexity index is 540. The summed E-state index contributed by atoms with van der Waals surface area (Å²) in [7, 11) is 0. The van der Waals surface area contributed by atoms with E-state index in [0.29, 0.717) is 10.8 Å². The zero-order valence-corrected chi connectivity index (χ0v) is 19.6. The van der Waals surface area contributed by atoms with Crippen molar-refractivity contribution in [1.29, 1.82) is 0 Å². The van der Waals surface area contributed by atoms with Crippen molar-refractivity contribution in [3.05, 3.63) is 0 Å². The van der Waals surface area contributed by atoms with Gasteiger partial charge in [0.15, 0.2) is 0 Å². The molecule has 28 heavy (non-hydrogen) atoms. The predicted octanol–water partition coefficient (Wildman–Crippen LogP) is 7.47. The lowest BCUT2D eigenvalue weighted by atomic mass is 9.44. The molecular formula is C27H48O. The predicted molar refractivity (Wildman–Crippen MR) is 119 cm³/mol. The topological polar surface area (TPSA) is 20.2 Å². The van der Waals surface area contributed by atoms with Crippen LogP contribution in [0.2, 0.25) is 0 Å². The van der Waals surface area contributed by atoms with Crippen LogP contribution in [0.5, 0.6) is 0 Å². The fourth-order valence-electron chi connectivity index (χ4n) is 9.26. The maximum absolute atomic E-state index is 10.3. The lowest BCUT2D eigenvalue weighted by Gasteiger charge is -2.61. The van der Waals surface area contributed by atoms with Crippen LogP contribution in [0.15, 0.2) is 0 Å². The van der Waals surface area contributed by atoms with Crippen LogP contribution in [0.4, 0.5) is 0 Å². The molecule has 0 amide bonds. The first-order valence-electron chi connectivity index (χ1n) is 12.9. The van der Waals surface area contributed by atoms with Gasteiger partial charge in [0.2, 0.25) is 0 Å². The van der Waals surface area contributed by atoms with Gasteiger partial charge in [0.1, 0.15) is 0 Å². The maximum atomic E-state index is 10.3. The number of aliphatic hydroxyl groups excluding tert-OH is 1. The van der Waals surface area contributed by atoms with Gasteiger partial charge in [-0.05, 0) is 110 Å². The van der Waals surface area contributed by atoms with E-state index in [1.165, 1.54) is 64.2 Å². The standard InChI is InChI=1S/C27H48O/c1-18(2)7-6-8-19(3)23-11-12-24-22-10-9-20-17-21(28)13-15-26(20,4)25(22)14-16-27(23,24)5/h18-25,28H,6-17H2,1-5H3/t19-,20+,21+,22-,23+,24+,25-,26+,27-/m1/s1. The molecule has 1 nitrogen and oxygen atoms in total. The Kier molecular flexibility index (Phi) is 5.98. The van der Waals surface area contributed by atoms with Gasteiger partial charge in [0, 0.05) is 0 Å². The van der Waals surface area contributed by atoms with Gasteiger partial charge in [-0.2, -0.15) is 0 Å². The zero-order valence-electron chi connectivity index (χ0n) is 19.6. The third-order valence-electron chi connectivity index (χ3n) is 10.8. The summed E-state index contributed by atoms with van der Waals surface area (Å²) in [5.41, 5.74) is 1.15. The molecule has 1 N–H and O–H groups in total. The van der Waals surface area contributed by atoms with Crippen LogP contribution < -0.4 is 0 Å². The average molecular weight is 389 g/mol. The number of fused-ring (bicyclic) bond motifs is 5. The van der Waals surface area contributed by atoms with E-state index in [4.69, 9.17) is 0 Å². The van der Waals surface area contributed by atoms with Gasteiger partial charge in [-0.25, -0.2) is 0 Å². The molecule has 0 saturated heterocycles. The second-order valence-corrected chi connectivity index (χ2v) is 12.6. The lowest BCUT2D eigenvalue weighted by Crippen LogP contribution is -2.54. The molecule has 0 aliphatic heterocycles. The monoisotopic (exact) mass is 388 g/mol. The minimum absolute atomic E-state index is 0.00830. The Labute approximate surface area is 175 Å². The van der Waals surface area contributed by atoms with Crippen LogP contribution in [-0.2, 0) is 0 Å². The molecular weight excluding hydrogens is 340 g/mol. The van der Waals surface area contributed by atoms with E-state index >= 15 is 0 Å². The number of rotatable bonds is 5. The molecule has 0 aromatic rings. The summed E-state index contributed by atoms with van der Waals surface area (Å²) in [6.45, 7) is 12.7. The normalized spacial score (nSPS) is 49.4. The van der Waals surface area contributed by atoms with E-state index < -0.39 is 0 Å². The fourth-order valence-corrected chi connectivity index (χ4v) is 9.26. The molecule has 0 aromatic heterocycles. The Morgan fingerprint density at radius 2 is 1.54 bits per heavy atom. The quantitative estimate of drug-likeness (QED) is 0.518. The van der Waals surface area contributed by atoms with Gasteiger partial charge in [-0.1, -0.05) is 53.9 Å². The Morgan fingerprint density at radius 1 is 0.821 bits per heavy atom. The molecule has 0 heterocycles. The van der Waals surface area contributed by atoms with Gasteiger partial charge in [-0.3, -0.25) is 0 Å². The van der Waals surface area contributed by atoms with Crippen molar-refractivity contribution < 1.29 is 5.11 Å². The molecule has 4 aliphatic rings. The largest absolute Gasteiger partial charge is 0.393 e. The minimum atomic E-state index is -0.00830. The van der Waals surface area contributed by atoms with E-state index in [9.17, 15) is 5.11 Å². The third kappa shape index (κ3) is 3.50. The van der Waals surface area contributed by atoms with Crippen molar-refractivity contribution in [2.24, 2.45) is 52.3 Å². The first-order chi connectivity index (χ1) is 13.3. The van der Waals surface area contributed by atoms with Gasteiger partial charge >= 0.3 is 0 Å². The highest BCUT2D eigenvalue weighted by Gasteiger charge is 2.60. The number of hydrogen-bond acceptors (Lipinski definition) is 1. The zero-order chi connectivity index (χ0) is 20.1. The molecule has 0 unspecified atom stereocenters. The molecule has 0 aromatic carbocycles. The Hall–Kier alpha value is -0.0400. The summed E-state index contributed by atoms with van der Waals surface area (Å²) in [6.07, 6.45) is 16.6. The van der Waals surface area contributed by atoms with E-state index in [-0.39, 0.29) is 6.10 Å². The first kappa shape index (κ1) is 21.2. The first-order valence-corrected chi connectivity index (χ1v) is 12.9. The van der Waals surface area contributed by atoms with Crippen molar-refractivity contribution in [3.8, 4) is 0 Å².